The van der Waals surface area contributed by atoms with E-state index < -0.39 is 28.9 Å². The van der Waals surface area contributed by atoms with Gasteiger partial charge >= 0.3 is 6.18 Å². The zero-order valence-electron chi connectivity index (χ0n) is 13.4. The smallest absolute Gasteiger partial charge is 0.347 e. The van der Waals surface area contributed by atoms with Crippen molar-refractivity contribution in [3.8, 4) is 0 Å². The molecule has 3 aromatic rings. The molecule has 0 unspecified atom stereocenters. The third-order valence-electron chi connectivity index (χ3n) is 3.84. The Morgan fingerprint density at radius 2 is 1.81 bits per heavy atom. The fourth-order valence-electron chi connectivity index (χ4n) is 2.65. The number of anilines is 1. The molecular weight excluding hydrogens is 352 g/mol. The van der Waals surface area contributed by atoms with E-state index in [0.29, 0.717) is 0 Å². The zero-order chi connectivity index (χ0) is 19.1. The van der Waals surface area contributed by atoms with Gasteiger partial charge in [0.2, 0.25) is 5.43 Å². The molecule has 0 aliphatic heterocycles. The molecule has 1 N–H and O–H groups in total. The Labute approximate surface area is 144 Å². The number of amides is 1. The number of halogens is 4. The maximum absolute atomic E-state index is 13.9. The van der Waals surface area contributed by atoms with Gasteiger partial charge in [0.15, 0.2) is 0 Å². The number of nitrogens with zero attached hydrogens (tertiary/aromatic N) is 1. The summed E-state index contributed by atoms with van der Waals surface area (Å²) in [5.74, 6) is -1.50. The fraction of sp³-hybridized carbons (Fsp3) is 0.111. The highest BCUT2D eigenvalue weighted by Crippen LogP contribution is 2.30. The minimum Gasteiger partial charge on any atom is -0.347 e. The number of carbonyl (C=O) groups excluding carboxylic acids is 1. The van der Waals surface area contributed by atoms with Crippen LogP contribution in [-0.4, -0.2) is 10.5 Å². The average molecular weight is 364 g/mol. The van der Waals surface area contributed by atoms with Gasteiger partial charge in [-0.3, -0.25) is 9.59 Å². The second-order valence-electron chi connectivity index (χ2n) is 5.65. The van der Waals surface area contributed by atoms with Crippen LogP contribution in [0.5, 0.6) is 0 Å². The monoisotopic (exact) mass is 364 g/mol. The van der Waals surface area contributed by atoms with Crippen LogP contribution in [0.2, 0.25) is 0 Å². The Balaban J connectivity index is 2.02. The summed E-state index contributed by atoms with van der Waals surface area (Å²) in [6.45, 7) is 0. The van der Waals surface area contributed by atoms with Crippen molar-refractivity contribution in [3.63, 3.8) is 0 Å². The van der Waals surface area contributed by atoms with E-state index in [0.717, 1.165) is 24.4 Å². The molecule has 0 aliphatic carbocycles. The summed E-state index contributed by atoms with van der Waals surface area (Å²) >= 11 is 0. The lowest BCUT2D eigenvalue weighted by Crippen LogP contribution is -2.24. The number of carbonyl (C=O) groups is 1. The van der Waals surface area contributed by atoms with Crippen molar-refractivity contribution in [1.29, 1.82) is 0 Å². The number of alkyl halides is 3. The lowest BCUT2D eigenvalue weighted by molar-refractivity contribution is -0.137. The molecule has 0 saturated carbocycles. The van der Waals surface area contributed by atoms with E-state index in [1.165, 1.54) is 35.9 Å². The van der Waals surface area contributed by atoms with Crippen LogP contribution in [0.25, 0.3) is 10.9 Å². The Morgan fingerprint density at radius 1 is 1.12 bits per heavy atom. The first-order valence-corrected chi connectivity index (χ1v) is 7.45. The average Bonchev–Trinajstić information content (AvgIpc) is 2.57. The minimum atomic E-state index is -4.56. The van der Waals surface area contributed by atoms with Crippen LogP contribution in [0.15, 0.2) is 53.5 Å². The largest absolute Gasteiger partial charge is 0.416 e. The number of aromatic nitrogens is 1. The molecule has 0 radical (unpaired) electrons. The number of hydrogen-bond donors (Lipinski definition) is 1. The van der Waals surface area contributed by atoms with Crippen molar-refractivity contribution < 1.29 is 22.4 Å². The molecule has 1 amide bonds. The number of pyridine rings is 1. The lowest BCUT2D eigenvalue weighted by atomic mass is 10.1. The van der Waals surface area contributed by atoms with Crippen LogP contribution in [0.1, 0.15) is 15.9 Å². The van der Waals surface area contributed by atoms with Crippen LogP contribution in [0.4, 0.5) is 23.2 Å². The van der Waals surface area contributed by atoms with E-state index in [4.69, 9.17) is 0 Å². The van der Waals surface area contributed by atoms with Crippen LogP contribution >= 0.6 is 0 Å². The molecule has 0 bridgehead atoms. The van der Waals surface area contributed by atoms with Gasteiger partial charge in [-0.2, -0.15) is 13.2 Å². The fourth-order valence-corrected chi connectivity index (χ4v) is 2.65. The molecule has 3 rings (SSSR count). The zero-order valence-corrected chi connectivity index (χ0v) is 13.4. The van der Waals surface area contributed by atoms with Gasteiger partial charge in [0.1, 0.15) is 11.4 Å². The maximum Gasteiger partial charge on any atom is 0.416 e. The minimum absolute atomic E-state index is 0.00388. The molecule has 1 heterocycles. The molecule has 0 atom stereocenters. The van der Waals surface area contributed by atoms with Crippen molar-refractivity contribution in [2.75, 3.05) is 5.32 Å². The summed E-state index contributed by atoms with van der Waals surface area (Å²) in [6, 6.07) is 7.96. The molecule has 0 fully saturated rings. The van der Waals surface area contributed by atoms with Crippen molar-refractivity contribution in [3.05, 3.63) is 75.8 Å². The SMILES string of the molecule is Cn1cc(C(=O)Nc2cccc(C(F)(F)F)c2)c(=O)c2cccc(F)c21. The molecule has 8 heteroatoms. The number of hydrogen-bond acceptors (Lipinski definition) is 2. The van der Waals surface area contributed by atoms with Crippen LogP contribution in [0, 0.1) is 5.82 Å². The Hall–Kier alpha value is -3.16. The Bertz CT molecular complexity index is 1070. The first kappa shape index (κ1) is 17.7. The normalized spacial score (nSPS) is 11.6. The predicted molar refractivity (Wildman–Crippen MR) is 88.5 cm³/mol. The number of para-hydroxylation sites is 1. The topological polar surface area (TPSA) is 51.1 Å². The highest BCUT2D eigenvalue weighted by atomic mass is 19.4. The standard InChI is InChI=1S/C18H12F4N2O2/c1-24-9-13(16(25)12-6-3-7-14(19)15(12)24)17(26)23-11-5-2-4-10(8-11)18(20,21)22/h2-9H,1H3,(H,23,26). The summed E-state index contributed by atoms with van der Waals surface area (Å²) in [5, 5.41) is 2.28. The van der Waals surface area contributed by atoms with E-state index in [9.17, 15) is 27.2 Å². The van der Waals surface area contributed by atoms with E-state index in [-0.39, 0.29) is 22.2 Å². The van der Waals surface area contributed by atoms with E-state index in [2.05, 4.69) is 5.32 Å². The summed E-state index contributed by atoms with van der Waals surface area (Å²) < 4.78 is 53.4. The highest BCUT2D eigenvalue weighted by Gasteiger charge is 2.30. The third-order valence-corrected chi connectivity index (χ3v) is 3.84. The van der Waals surface area contributed by atoms with Crippen molar-refractivity contribution >= 4 is 22.5 Å². The predicted octanol–water partition coefficient (Wildman–Crippen LogP) is 3.95. The van der Waals surface area contributed by atoms with Crippen molar-refractivity contribution in [1.82, 2.24) is 4.57 Å². The maximum atomic E-state index is 13.9. The third kappa shape index (κ3) is 3.17. The van der Waals surface area contributed by atoms with Crippen LogP contribution in [-0.2, 0) is 13.2 Å². The van der Waals surface area contributed by atoms with E-state index in [1.807, 2.05) is 0 Å². The van der Waals surface area contributed by atoms with Gasteiger partial charge in [-0.15, -0.1) is 0 Å². The second kappa shape index (κ2) is 6.29. The summed E-state index contributed by atoms with van der Waals surface area (Å²) in [5.41, 5.74) is -2.01. The van der Waals surface area contributed by atoms with Crippen LogP contribution < -0.4 is 10.7 Å². The summed E-state index contributed by atoms with van der Waals surface area (Å²) in [7, 11) is 1.46. The molecule has 0 saturated heterocycles. The molecule has 0 aliphatic rings. The number of benzene rings is 2. The number of rotatable bonds is 2. The van der Waals surface area contributed by atoms with Gasteiger partial charge < -0.3 is 9.88 Å². The second-order valence-corrected chi connectivity index (χ2v) is 5.65. The summed E-state index contributed by atoms with van der Waals surface area (Å²) in [6.07, 6.45) is -3.41. The Kier molecular flexibility index (Phi) is 4.27. The first-order valence-electron chi connectivity index (χ1n) is 7.45. The van der Waals surface area contributed by atoms with Gasteiger partial charge in [-0.05, 0) is 30.3 Å². The number of nitrogens with one attached hydrogen (secondary N) is 1. The van der Waals surface area contributed by atoms with Crippen molar-refractivity contribution in [2.45, 2.75) is 6.18 Å². The molecule has 2 aromatic carbocycles. The molecular formula is C18H12F4N2O2. The van der Waals surface area contributed by atoms with Gasteiger partial charge in [0.25, 0.3) is 5.91 Å². The summed E-state index contributed by atoms with van der Waals surface area (Å²) in [4.78, 5) is 24.8. The van der Waals surface area contributed by atoms with Crippen molar-refractivity contribution in [2.24, 2.45) is 7.05 Å². The van der Waals surface area contributed by atoms with Gasteiger partial charge in [-0.1, -0.05) is 12.1 Å². The number of fused-ring (bicyclic) bond motifs is 1. The van der Waals surface area contributed by atoms with Crippen LogP contribution in [0.3, 0.4) is 0 Å². The van der Waals surface area contributed by atoms with E-state index >= 15 is 0 Å². The van der Waals surface area contributed by atoms with Gasteiger partial charge in [0, 0.05) is 24.3 Å². The quantitative estimate of drug-likeness (QED) is 0.700. The molecule has 134 valence electrons. The lowest BCUT2D eigenvalue weighted by Gasteiger charge is -2.12. The molecule has 0 spiro atoms. The Morgan fingerprint density at radius 3 is 2.50 bits per heavy atom. The molecule has 4 nitrogen and oxygen atoms in total. The molecule has 1 aromatic heterocycles. The first-order chi connectivity index (χ1) is 12.2. The van der Waals surface area contributed by atoms with Gasteiger partial charge in [0.05, 0.1) is 11.1 Å². The van der Waals surface area contributed by atoms with Gasteiger partial charge in [-0.25, -0.2) is 4.39 Å². The highest BCUT2D eigenvalue weighted by molar-refractivity contribution is 6.05. The number of aryl methyl sites for hydroxylation is 1. The molecule has 26 heavy (non-hydrogen) atoms. The van der Waals surface area contributed by atoms with E-state index in [1.54, 1.807) is 0 Å².